The average molecular weight is 286 g/mol. The number of carbonyl (C=O) groups is 1. The van der Waals surface area contributed by atoms with Crippen molar-refractivity contribution in [2.75, 3.05) is 19.7 Å². The molecule has 2 aliphatic rings. The number of carbonyl (C=O) groups excluding carboxylic acids is 1. The van der Waals surface area contributed by atoms with Gasteiger partial charge >= 0.3 is 6.03 Å². The van der Waals surface area contributed by atoms with Crippen LogP contribution in [-0.2, 0) is 6.42 Å². The van der Waals surface area contributed by atoms with Crippen molar-refractivity contribution in [1.82, 2.24) is 10.2 Å². The number of fused-ring (bicyclic) bond motifs is 3. The van der Waals surface area contributed by atoms with Gasteiger partial charge < -0.3 is 15.3 Å². The van der Waals surface area contributed by atoms with Crippen LogP contribution in [0.2, 0.25) is 0 Å². The van der Waals surface area contributed by atoms with E-state index in [1.54, 1.807) is 11.0 Å². The number of aliphatic hydroxyl groups excluding tert-OH is 1. The Morgan fingerprint density at radius 2 is 2.29 bits per heavy atom. The molecule has 0 radical (unpaired) electrons. The van der Waals surface area contributed by atoms with E-state index in [9.17, 15) is 4.79 Å². The summed E-state index contributed by atoms with van der Waals surface area (Å²) in [5.41, 5.74) is 2.82. The first-order valence-electron chi connectivity index (χ1n) is 7.61. The highest BCUT2D eigenvalue weighted by molar-refractivity contribution is 5.75. The number of aryl methyl sites for hydroxylation is 1. The standard InChI is InChI=1S/C17H22N2O2/c1-2-9-19(10-11-20)17(21)18-16-14-8-7-12-5-3-4-6-13(12)15(14)16/h2-6,14-16,20H,1,7-11H2,(H,18,21). The number of nitrogens with zero attached hydrogens (tertiary/aromatic N) is 1. The molecule has 0 aromatic heterocycles. The number of amides is 2. The third kappa shape index (κ3) is 2.68. The van der Waals surface area contributed by atoms with E-state index in [1.807, 2.05) is 0 Å². The second-order valence-corrected chi connectivity index (χ2v) is 5.86. The predicted molar refractivity (Wildman–Crippen MR) is 82.2 cm³/mol. The normalized spacial score (nSPS) is 25.5. The molecule has 4 heteroatoms. The lowest BCUT2D eigenvalue weighted by molar-refractivity contribution is 0.183. The van der Waals surface area contributed by atoms with Crippen LogP contribution in [0.15, 0.2) is 36.9 Å². The highest BCUT2D eigenvalue weighted by Crippen LogP contribution is 2.54. The Morgan fingerprint density at radius 1 is 1.48 bits per heavy atom. The summed E-state index contributed by atoms with van der Waals surface area (Å²) in [4.78, 5) is 13.9. The van der Waals surface area contributed by atoms with Crippen LogP contribution >= 0.6 is 0 Å². The molecule has 3 atom stereocenters. The highest BCUT2D eigenvalue weighted by atomic mass is 16.3. The fourth-order valence-corrected chi connectivity index (χ4v) is 3.55. The molecule has 3 unspecified atom stereocenters. The van der Waals surface area contributed by atoms with E-state index < -0.39 is 0 Å². The Kier molecular flexibility index (Phi) is 3.97. The van der Waals surface area contributed by atoms with Gasteiger partial charge in [0, 0.05) is 25.0 Å². The molecule has 4 nitrogen and oxygen atoms in total. The van der Waals surface area contributed by atoms with Crippen LogP contribution in [0.25, 0.3) is 0 Å². The number of hydrogen-bond donors (Lipinski definition) is 2. The molecule has 2 amide bonds. The number of nitrogens with one attached hydrogen (secondary N) is 1. The molecule has 112 valence electrons. The molecule has 1 aromatic carbocycles. The van der Waals surface area contributed by atoms with Gasteiger partial charge in [0.25, 0.3) is 0 Å². The molecule has 0 spiro atoms. The molecule has 1 saturated carbocycles. The van der Waals surface area contributed by atoms with E-state index in [-0.39, 0.29) is 18.7 Å². The molecule has 0 heterocycles. The van der Waals surface area contributed by atoms with Crippen molar-refractivity contribution in [3.05, 3.63) is 48.0 Å². The maximum atomic E-state index is 12.3. The smallest absolute Gasteiger partial charge is 0.318 e. The van der Waals surface area contributed by atoms with E-state index in [2.05, 4.69) is 36.2 Å². The summed E-state index contributed by atoms with van der Waals surface area (Å²) >= 11 is 0. The Balaban J connectivity index is 1.65. The number of hydrogen-bond acceptors (Lipinski definition) is 2. The highest BCUT2D eigenvalue weighted by Gasteiger charge is 2.54. The molecule has 1 fully saturated rings. The van der Waals surface area contributed by atoms with E-state index in [1.165, 1.54) is 11.1 Å². The largest absolute Gasteiger partial charge is 0.395 e. The van der Waals surface area contributed by atoms with Crippen LogP contribution in [-0.4, -0.2) is 41.8 Å². The van der Waals surface area contributed by atoms with Crippen molar-refractivity contribution >= 4 is 6.03 Å². The van der Waals surface area contributed by atoms with Crippen LogP contribution in [0, 0.1) is 5.92 Å². The van der Waals surface area contributed by atoms with Gasteiger partial charge in [-0.05, 0) is 29.9 Å². The number of rotatable bonds is 5. The number of benzene rings is 1. The fourth-order valence-electron chi connectivity index (χ4n) is 3.55. The summed E-state index contributed by atoms with van der Waals surface area (Å²) in [5, 5.41) is 12.2. The Labute approximate surface area is 125 Å². The van der Waals surface area contributed by atoms with Crippen molar-refractivity contribution in [3.8, 4) is 0 Å². The van der Waals surface area contributed by atoms with Gasteiger partial charge in [-0.1, -0.05) is 30.3 Å². The minimum atomic E-state index is -0.0965. The van der Waals surface area contributed by atoms with Gasteiger partial charge in [0.2, 0.25) is 0 Å². The summed E-state index contributed by atoms with van der Waals surface area (Å²) in [5.74, 6) is 1.04. The molecule has 3 rings (SSSR count). The summed E-state index contributed by atoms with van der Waals surface area (Å²) < 4.78 is 0. The maximum Gasteiger partial charge on any atom is 0.318 e. The van der Waals surface area contributed by atoms with Crippen LogP contribution in [0.4, 0.5) is 4.79 Å². The van der Waals surface area contributed by atoms with E-state index in [0.717, 1.165) is 12.8 Å². The molecule has 1 aromatic rings. The van der Waals surface area contributed by atoms with Crippen molar-refractivity contribution in [2.45, 2.75) is 24.8 Å². The van der Waals surface area contributed by atoms with Crippen LogP contribution in [0.5, 0.6) is 0 Å². The lowest BCUT2D eigenvalue weighted by atomic mass is 9.92. The van der Waals surface area contributed by atoms with Crippen LogP contribution < -0.4 is 5.32 Å². The molecular weight excluding hydrogens is 264 g/mol. The zero-order chi connectivity index (χ0) is 14.8. The Morgan fingerprint density at radius 3 is 3.05 bits per heavy atom. The van der Waals surface area contributed by atoms with Gasteiger partial charge in [-0.15, -0.1) is 6.58 Å². The minimum absolute atomic E-state index is 0.0262. The third-order valence-electron chi connectivity index (χ3n) is 4.63. The SMILES string of the molecule is C=CCN(CCO)C(=O)NC1C2CCc3ccccc3C21. The summed E-state index contributed by atoms with van der Waals surface area (Å²) in [7, 11) is 0. The van der Waals surface area contributed by atoms with E-state index >= 15 is 0 Å². The van der Waals surface area contributed by atoms with E-state index in [0.29, 0.717) is 24.9 Å². The molecular formula is C17H22N2O2. The summed E-state index contributed by atoms with van der Waals surface area (Å²) in [6.45, 7) is 4.44. The topological polar surface area (TPSA) is 52.6 Å². The minimum Gasteiger partial charge on any atom is -0.395 e. The van der Waals surface area contributed by atoms with Crippen LogP contribution in [0.1, 0.15) is 23.5 Å². The van der Waals surface area contributed by atoms with E-state index in [4.69, 9.17) is 5.11 Å². The summed E-state index contributed by atoms with van der Waals surface area (Å²) in [6.07, 6.45) is 3.94. The predicted octanol–water partition coefficient (Wildman–Crippen LogP) is 1.90. The van der Waals surface area contributed by atoms with Crippen molar-refractivity contribution in [2.24, 2.45) is 5.92 Å². The van der Waals surface area contributed by atoms with Crippen molar-refractivity contribution in [1.29, 1.82) is 0 Å². The monoisotopic (exact) mass is 286 g/mol. The van der Waals surface area contributed by atoms with Crippen molar-refractivity contribution < 1.29 is 9.90 Å². The van der Waals surface area contributed by atoms with Crippen molar-refractivity contribution in [3.63, 3.8) is 0 Å². The average Bonchev–Trinajstić information content (AvgIpc) is 3.20. The van der Waals surface area contributed by atoms with Gasteiger partial charge in [0.1, 0.15) is 0 Å². The number of aliphatic hydroxyl groups is 1. The molecule has 0 saturated heterocycles. The third-order valence-corrected chi connectivity index (χ3v) is 4.63. The first kappa shape index (κ1) is 14.1. The number of urea groups is 1. The molecule has 2 aliphatic carbocycles. The second-order valence-electron chi connectivity index (χ2n) is 5.86. The Hall–Kier alpha value is -1.81. The Bertz CT molecular complexity index is 543. The maximum absolute atomic E-state index is 12.3. The molecule has 2 N–H and O–H groups in total. The van der Waals surface area contributed by atoms with Gasteiger partial charge in [0.15, 0.2) is 0 Å². The van der Waals surface area contributed by atoms with Gasteiger partial charge in [-0.25, -0.2) is 4.79 Å². The fraction of sp³-hybridized carbons (Fsp3) is 0.471. The van der Waals surface area contributed by atoms with Gasteiger partial charge in [-0.3, -0.25) is 0 Å². The van der Waals surface area contributed by atoms with Gasteiger partial charge in [-0.2, -0.15) is 0 Å². The zero-order valence-corrected chi connectivity index (χ0v) is 12.2. The first-order chi connectivity index (χ1) is 10.3. The van der Waals surface area contributed by atoms with Crippen LogP contribution in [0.3, 0.4) is 0 Å². The second kappa shape index (κ2) is 5.90. The lowest BCUT2D eigenvalue weighted by Crippen LogP contribution is -2.43. The molecule has 0 aliphatic heterocycles. The summed E-state index contributed by atoms with van der Waals surface area (Å²) in [6, 6.07) is 8.69. The molecule has 21 heavy (non-hydrogen) atoms. The lowest BCUT2D eigenvalue weighted by Gasteiger charge is -2.20. The first-order valence-corrected chi connectivity index (χ1v) is 7.61. The molecule has 0 bridgehead atoms. The zero-order valence-electron chi connectivity index (χ0n) is 12.2. The quantitative estimate of drug-likeness (QED) is 0.812. The van der Waals surface area contributed by atoms with Gasteiger partial charge in [0.05, 0.1) is 6.61 Å².